The zero-order chi connectivity index (χ0) is 13.5. The molecule has 1 aromatic rings. The molecule has 1 aliphatic rings. The van der Waals surface area contributed by atoms with Crippen LogP contribution in [0.15, 0.2) is 24.3 Å². The molecule has 0 saturated carbocycles. The van der Waals surface area contributed by atoms with E-state index < -0.39 is 0 Å². The fourth-order valence-electron chi connectivity index (χ4n) is 2.86. The molecule has 1 saturated heterocycles. The van der Waals surface area contributed by atoms with Crippen molar-refractivity contribution in [2.75, 3.05) is 26.2 Å². The summed E-state index contributed by atoms with van der Waals surface area (Å²) >= 11 is 6.42. The number of benzene rings is 1. The first kappa shape index (κ1) is 14.8. The minimum atomic E-state index is 0.480. The molecule has 0 aliphatic carbocycles. The van der Waals surface area contributed by atoms with Gasteiger partial charge in [-0.05, 0) is 31.0 Å². The van der Waals surface area contributed by atoms with E-state index in [4.69, 9.17) is 11.6 Å². The molecule has 0 radical (unpaired) electrons. The van der Waals surface area contributed by atoms with E-state index in [0.29, 0.717) is 6.04 Å². The summed E-state index contributed by atoms with van der Waals surface area (Å²) in [6, 6.07) is 8.82. The molecule has 106 valence electrons. The van der Waals surface area contributed by atoms with Crippen LogP contribution in [-0.2, 0) is 0 Å². The standard InChI is InChI=1S/C16H25ClN2/c1-2-3-9-16(14-7-4-5-8-15(14)17)19-12-6-10-18-11-13-19/h4-5,7-8,16,18H,2-3,6,9-13H2,1H3. The first-order valence-corrected chi connectivity index (χ1v) is 7.90. The van der Waals surface area contributed by atoms with E-state index in [1.54, 1.807) is 0 Å². The van der Waals surface area contributed by atoms with Gasteiger partial charge in [-0.2, -0.15) is 0 Å². The van der Waals surface area contributed by atoms with Gasteiger partial charge in [-0.25, -0.2) is 0 Å². The average molecular weight is 281 g/mol. The summed E-state index contributed by atoms with van der Waals surface area (Å²) in [5.41, 5.74) is 1.31. The van der Waals surface area contributed by atoms with Crippen molar-refractivity contribution < 1.29 is 0 Å². The molecule has 3 heteroatoms. The summed E-state index contributed by atoms with van der Waals surface area (Å²) in [6.07, 6.45) is 4.94. The molecular formula is C16H25ClN2. The van der Waals surface area contributed by atoms with Crippen LogP contribution in [0, 0.1) is 0 Å². The van der Waals surface area contributed by atoms with Gasteiger partial charge in [0.1, 0.15) is 0 Å². The molecule has 1 atom stereocenters. The minimum Gasteiger partial charge on any atom is -0.315 e. The monoisotopic (exact) mass is 280 g/mol. The summed E-state index contributed by atoms with van der Waals surface area (Å²) in [6.45, 7) is 6.78. The van der Waals surface area contributed by atoms with Crippen molar-refractivity contribution in [3.05, 3.63) is 34.9 Å². The van der Waals surface area contributed by atoms with Gasteiger partial charge in [-0.15, -0.1) is 0 Å². The van der Waals surface area contributed by atoms with Crippen molar-refractivity contribution in [1.82, 2.24) is 10.2 Å². The lowest BCUT2D eigenvalue weighted by Crippen LogP contribution is -2.32. The first-order chi connectivity index (χ1) is 9.33. The van der Waals surface area contributed by atoms with Crippen LogP contribution in [0.1, 0.15) is 44.2 Å². The maximum Gasteiger partial charge on any atom is 0.0453 e. The topological polar surface area (TPSA) is 15.3 Å². The largest absolute Gasteiger partial charge is 0.315 e. The highest BCUT2D eigenvalue weighted by Crippen LogP contribution is 2.31. The van der Waals surface area contributed by atoms with Crippen molar-refractivity contribution in [3.63, 3.8) is 0 Å². The van der Waals surface area contributed by atoms with Crippen molar-refractivity contribution in [2.45, 2.75) is 38.6 Å². The maximum absolute atomic E-state index is 6.42. The Morgan fingerprint density at radius 3 is 2.89 bits per heavy atom. The van der Waals surface area contributed by atoms with E-state index in [9.17, 15) is 0 Å². The van der Waals surface area contributed by atoms with Gasteiger partial charge >= 0.3 is 0 Å². The minimum absolute atomic E-state index is 0.480. The Labute approximate surface area is 122 Å². The fourth-order valence-corrected chi connectivity index (χ4v) is 3.12. The summed E-state index contributed by atoms with van der Waals surface area (Å²) in [7, 11) is 0. The average Bonchev–Trinajstić information content (AvgIpc) is 2.70. The SMILES string of the molecule is CCCCC(c1ccccc1Cl)N1CCCNCC1. The third kappa shape index (κ3) is 4.20. The van der Waals surface area contributed by atoms with Gasteiger partial charge in [0, 0.05) is 30.7 Å². The Balaban J connectivity index is 2.16. The molecule has 19 heavy (non-hydrogen) atoms. The molecule has 1 unspecified atom stereocenters. The molecule has 2 nitrogen and oxygen atoms in total. The molecule has 0 spiro atoms. The van der Waals surface area contributed by atoms with E-state index in [-0.39, 0.29) is 0 Å². The quantitative estimate of drug-likeness (QED) is 0.881. The Morgan fingerprint density at radius 2 is 2.11 bits per heavy atom. The highest BCUT2D eigenvalue weighted by Gasteiger charge is 2.22. The first-order valence-electron chi connectivity index (χ1n) is 7.52. The zero-order valence-electron chi connectivity index (χ0n) is 11.9. The van der Waals surface area contributed by atoms with E-state index in [0.717, 1.165) is 24.7 Å². The lowest BCUT2D eigenvalue weighted by Gasteiger charge is -2.31. The van der Waals surface area contributed by atoms with Gasteiger partial charge in [0.2, 0.25) is 0 Å². The van der Waals surface area contributed by atoms with Crippen LogP contribution in [0.4, 0.5) is 0 Å². The molecule has 1 aliphatic heterocycles. The lowest BCUT2D eigenvalue weighted by atomic mass is 9.99. The fraction of sp³-hybridized carbons (Fsp3) is 0.625. The van der Waals surface area contributed by atoms with Crippen LogP contribution in [0.2, 0.25) is 5.02 Å². The normalized spacial score (nSPS) is 19.1. The maximum atomic E-state index is 6.42. The Morgan fingerprint density at radius 1 is 1.26 bits per heavy atom. The highest BCUT2D eigenvalue weighted by molar-refractivity contribution is 6.31. The van der Waals surface area contributed by atoms with Crippen molar-refractivity contribution in [1.29, 1.82) is 0 Å². The van der Waals surface area contributed by atoms with Crippen LogP contribution in [0.25, 0.3) is 0 Å². The second-order valence-corrected chi connectivity index (χ2v) is 5.73. The number of unbranched alkanes of at least 4 members (excludes halogenated alkanes) is 1. The van der Waals surface area contributed by atoms with Crippen molar-refractivity contribution in [2.24, 2.45) is 0 Å². The van der Waals surface area contributed by atoms with Gasteiger partial charge in [0.15, 0.2) is 0 Å². The molecule has 0 amide bonds. The number of rotatable bonds is 5. The number of nitrogens with zero attached hydrogens (tertiary/aromatic N) is 1. The third-order valence-electron chi connectivity index (χ3n) is 3.91. The van der Waals surface area contributed by atoms with Crippen LogP contribution >= 0.6 is 11.6 Å². The molecule has 2 rings (SSSR count). The summed E-state index contributed by atoms with van der Waals surface area (Å²) in [5.74, 6) is 0. The highest BCUT2D eigenvalue weighted by atomic mass is 35.5. The number of hydrogen-bond acceptors (Lipinski definition) is 2. The predicted molar refractivity (Wildman–Crippen MR) is 82.8 cm³/mol. The van der Waals surface area contributed by atoms with Gasteiger partial charge in [-0.1, -0.05) is 49.6 Å². The third-order valence-corrected chi connectivity index (χ3v) is 4.25. The van der Waals surface area contributed by atoms with E-state index >= 15 is 0 Å². The molecule has 1 N–H and O–H groups in total. The Hall–Kier alpha value is -0.570. The van der Waals surface area contributed by atoms with E-state index in [1.807, 2.05) is 12.1 Å². The molecule has 1 heterocycles. The summed E-state index contributed by atoms with van der Waals surface area (Å²) in [5, 5.41) is 4.40. The zero-order valence-corrected chi connectivity index (χ0v) is 12.6. The van der Waals surface area contributed by atoms with Crippen LogP contribution in [0.5, 0.6) is 0 Å². The number of halogens is 1. The summed E-state index contributed by atoms with van der Waals surface area (Å²) < 4.78 is 0. The Kier molecular flexibility index (Phi) is 6.15. The van der Waals surface area contributed by atoms with Crippen LogP contribution in [0.3, 0.4) is 0 Å². The van der Waals surface area contributed by atoms with E-state index in [1.165, 1.54) is 37.8 Å². The Bertz CT molecular complexity index is 373. The second kappa shape index (κ2) is 7.88. The van der Waals surface area contributed by atoms with Gasteiger partial charge < -0.3 is 5.32 Å². The molecule has 0 aromatic heterocycles. The van der Waals surface area contributed by atoms with Crippen LogP contribution in [-0.4, -0.2) is 31.1 Å². The van der Waals surface area contributed by atoms with Gasteiger partial charge in [0.25, 0.3) is 0 Å². The molecule has 0 bridgehead atoms. The van der Waals surface area contributed by atoms with Crippen molar-refractivity contribution in [3.8, 4) is 0 Å². The van der Waals surface area contributed by atoms with Gasteiger partial charge in [0.05, 0.1) is 0 Å². The summed E-state index contributed by atoms with van der Waals surface area (Å²) in [4.78, 5) is 2.61. The smallest absolute Gasteiger partial charge is 0.0453 e. The molecule has 1 aromatic carbocycles. The number of hydrogen-bond donors (Lipinski definition) is 1. The predicted octanol–water partition coefficient (Wildman–Crippen LogP) is 3.87. The number of nitrogens with one attached hydrogen (secondary N) is 1. The lowest BCUT2D eigenvalue weighted by molar-refractivity contribution is 0.197. The molecular weight excluding hydrogens is 256 g/mol. The second-order valence-electron chi connectivity index (χ2n) is 5.32. The van der Waals surface area contributed by atoms with E-state index in [2.05, 4.69) is 29.3 Å². The molecule has 1 fully saturated rings. The van der Waals surface area contributed by atoms with Crippen molar-refractivity contribution >= 4 is 11.6 Å². The van der Waals surface area contributed by atoms with Gasteiger partial charge in [-0.3, -0.25) is 4.90 Å². The van der Waals surface area contributed by atoms with Crippen LogP contribution < -0.4 is 5.32 Å².